The summed E-state index contributed by atoms with van der Waals surface area (Å²) in [5, 5.41) is 18.1. The smallest absolute Gasteiger partial charge is 0.262 e. The van der Waals surface area contributed by atoms with Crippen molar-refractivity contribution in [2.45, 2.75) is 31.3 Å². The summed E-state index contributed by atoms with van der Waals surface area (Å²) in [6.07, 6.45) is 1.59. The molecule has 4 heterocycles. The summed E-state index contributed by atoms with van der Waals surface area (Å²) >= 11 is 1.39. The number of furan rings is 1. The first kappa shape index (κ1) is 18.4. The number of thioether (sulfide) groups is 1. The van der Waals surface area contributed by atoms with Crippen LogP contribution in [0.4, 0.5) is 0 Å². The molecule has 4 aromatic heterocycles. The van der Waals surface area contributed by atoms with E-state index in [9.17, 15) is 4.79 Å². The van der Waals surface area contributed by atoms with Crippen LogP contribution < -0.4 is 11.4 Å². The van der Waals surface area contributed by atoms with E-state index < -0.39 is 0 Å². The van der Waals surface area contributed by atoms with Crippen molar-refractivity contribution in [3.63, 3.8) is 0 Å². The average molecular weight is 422 g/mol. The molecule has 0 radical (unpaired) electrons. The number of aryl methyl sites for hydroxylation is 2. The Balaban J connectivity index is 1.55. The Kier molecular flexibility index (Phi) is 4.31. The number of benzene rings is 1. The van der Waals surface area contributed by atoms with E-state index in [2.05, 4.69) is 20.4 Å². The summed E-state index contributed by atoms with van der Waals surface area (Å²) < 4.78 is 10.3. The number of nitrogens with zero attached hydrogens (tertiary/aromatic N) is 7. The zero-order valence-electron chi connectivity index (χ0n) is 16.3. The minimum atomic E-state index is -0.0750. The fourth-order valence-corrected chi connectivity index (χ4v) is 4.27. The predicted octanol–water partition coefficient (Wildman–Crippen LogP) is 2.23. The Hall–Kier alpha value is -3.60. The Morgan fingerprint density at radius 2 is 1.97 bits per heavy atom. The van der Waals surface area contributed by atoms with E-state index in [0.717, 1.165) is 16.8 Å². The highest BCUT2D eigenvalue weighted by Gasteiger charge is 2.19. The minimum Gasteiger partial charge on any atom is -0.469 e. The number of fused-ring (bicyclic) bond motifs is 3. The Labute approximate surface area is 174 Å². The van der Waals surface area contributed by atoms with Gasteiger partial charge in [-0.1, -0.05) is 23.9 Å². The molecule has 5 rings (SSSR count). The van der Waals surface area contributed by atoms with Crippen molar-refractivity contribution in [1.82, 2.24) is 34.0 Å². The van der Waals surface area contributed by atoms with Crippen LogP contribution in [0.1, 0.15) is 18.5 Å². The lowest BCUT2D eigenvalue weighted by atomic mass is 10.2. The third kappa shape index (κ3) is 2.70. The molecule has 0 aliphatic rings. The first-order valence-electron chi connectivity index (χ1n) is 9.33. The molecule has 11 heteroatoms. The topological polar surface area (TPSA) is 122 Å². The van der Waals surface area contributed by atoms with Crippen molar-refractivity contribution in [2.75, 3.05) is 5.84 Å². The summed E-state index contributed by atoms with van der Waals surface area (Å²) in [6, 6.07) is 9.26. The first-order valence-corrected chi connectivity index (χ1v) is 10.3. The molecular formula is C19H18N8O2S. The summed E-state index contributed by atoms with van der Waals surface area (Å²) in [6.45, 7) is 4.26. The highest BCUT2D eigenvalue weighted by Crippen LogP contribution is 2.27. The SMILES string of the molecule is CCn1c(=O)c2ccccc2n2c(CSc3nnc(-c4ccoc4C)n3N)nnc12. The number of nitrogen functional groups attached to an aromatic ring is 1. The van der Waals surface area contributed by atoms with Gasteiger partial charge in [0.15, 0.2) is 5.82 Å². The molecular weight excluding hydrogens is 404 g/mol. The Morgan fingerprint density at radius 3 is 2.73 bits per heavy atom. The van der Waals surface area contributed by atoms with Gasteiger partial charge in [0, 0.05) is 6.54 Å². The zero-order valence-corrected chi connectivity index (χ0v) is 17.1. The lowest BCUT2D eigenvalue weighted by molar-refractivity contribution is 0.535. The third-order valence-electron chi connectivity index (χ3n) is 4.99. The Bertz CT molecular complexity index is 1440. The minimum absolute atomic E-state index is 0.0750. The molecule has 0 fully saturated rings. The van der Waals surface area contributed by atoms with Gasteiger partial charge in [0.2, 0.25) is 10.9 Å². The fraction of sp³-hybridized carbons (Fsp3) is 0.211. The van der Waals surface area contributed by atoms with Crippen molar-refractivity contribution in [3.8, 4) is 11.4 Å². The molecule has 0 bridgehead atoms. The molecule has 0 spiro atoms. The number of hydrogen-bond acceptors (Lipinski definition) is 8. The van der Waals surface area contributed by atoms with Gasteiger partial charge in [0.05, 0.1) is 28.5 Å². The van der Waals surface area contributed by atoms with E-state index in [1.165, 1.54) is 16.4 Å². The van der Waals surface area contributed by atoms with Gasteiger partial charge in [-0.05, 0) is 32.0 Å². The largest absolute Gasteiger partial charge is 0.469 e. The lowest BCUT2D eigenvalue weighted by Gasteiger charge is -2.09. The second-order valence-electron chi connectivity index (χ2n) is 6.67. The molecule has 30 heavy (non-hydrogen) atoms. The number of rotatable bonds is 5. The molecule has 0 saturated carbocycles. The molecule has 0 atom stereocenters. The molecule has 5 aromatic rings. The number of nitrogens with two attached hydrogens (primary N) is 1. The van der Waals surface area contributed by atoms with Crippen molar-refractivity contribution < 1.29 is 4.42 Å². The molecule has 0 unspecified atom stereocenters. The quantitative estimate of drug-likeness (QED) is 0.338. The summed E-state index contributed by atoms with van der Waals surface area (Å²) in [4.78, 5) is 12.8. The summed E-state index contributed by atoms with van der Waals surface area (Å²) in [5.74, 6) is 9.12. The van der Waals surface area contributed by atoms with Gasteiger partial charge in [-0.25, -0.2) is 4.68 Å². The van der Waals surface area contributed by atoms with Crippen LogP contribution in [0, 0.1) is 6.92 Å². The molecule has 10 nitrogen and oxygen atoms in total. The molecule has 0 aliphatic heterocycles. The van der Waals surface area contributed by atoms with E-state index in [-0.39, 0.29) is 5.56 Å². The van der Waals surface area contributed by atoms with Crippen LogP contribution in [-0.4, -0.2) is 34.0 Å². The van der Waals surface area contributed by atoms with Crippen LogP contribution in [0.15, 0.2) is 51.0 Å². The van der Waals surface area contributed by atoms with E-state index >= 15 is 0 Å². The monoisotopic (exact) mass is 422 g/mol. The van der Waals surface area contributed by atoms with Crippen molar-refractivity contribution in [2.24, 2.45) is 0 Å². The second kappa shape index (κ2) is 7.02. The fourth-order valence-electron chi connectivity index (χ4n) is 3.50. The van der Waals surface area contributed by atoms with Gasteiger partial charge in [-0.3, -0.25) is 13.8 Å². The van der Waals surface area contributed by atoms with Gasteiger partial charge in [0.25, 0.3) is 5.56 Å². The van der Waals surface area contributed by atoms with Gasteiger partial charge < -0.3 is 10.3 Å². The zero-order chi connectivity index (χ0) is 20.8. The summed E-state index contributed by atoms with van der Waals surface area (Å²) in [7, 11) is 0. The molecule has 1 aromatic carbocycles. The predicted molar refractivity (Wildman–Crippen MR) is 113 cm³/mol. The number of aromatic nitrogens is 7. The van der Waals surface area contributed by atoms with Crippen LogP contribution in [0.3, 0.4) is 0 Å². The molecule has 0 amide bonds. The van der Waals surface area contributed by atoms with Crippen LogP contribution in [0.5, 0.6) is 0 Å². The molecule has 0 saturated heterocycles. The van der Waals surface area contributed by atoms with Crippen LogP contribution >= 0.6 is 11.8 Å². The van der Waals surface area contributed by atoms with E-state index in [4.69, 9.17) is 10.3 Å². The van der Waals surface area contributed by atoms with Crippen molar-refractivity contribution in [3.05, 3.63) is 58.5 Å². The van der Waals surface area contributed by atoms with Gasteiger partial charge in [-0.15, -0.1) is 20.4 Å². The van der Waals surface area contributed by atoms with Gasteiger partial charge in [-0.2, -0.15) is 0 Å². The lowest BCUT2D eigenvalue weighted by Crippen LogP contribution is -2.22. The number of para-hydroxylation sites is 1. The first-order chi connectivity index (χ1) is 14.6. The van der Waals surface area contributed by atoms with E-state index in [1.54, 1.807) is 16.9 Å². The second-order valence-corrected chi connectivity index (χ2v) is 7.62. The normalized spacial score (nSPS) is 11.7. The standard InChI is InChI=1S/C19H18N8O2S/c1-3-25-17(28)13-6-4-5-7-14(13)26-15(21-23-18(25)26)10-30-19-24-22-16(27(19)20)12-8-9-29-11(12)2/h4-9H,3,10,20H2,1-2H3. The summed E-state index contributed by atoms with van der Waals surface area (Å²) in [5.41, 5.74) is 1.49. The van der Waals surface area contributed by atoms with Crippen molar-refractivity contribution in [1.29, 1.82) is 0 Å². The number of hydrogen-bond donors (Lipinski definition) is 1. The highest BCUT2D eigenvalue weighted by molar-refractivity contribution is 7.98. The average Bonchev–Trinajstić information content (AvgIpc) is 3.46. The maximum absolute atomic E-state index is 12.8. The van der Waals surface area contributed by atoms with Crippen LogP contribution in [0.25, 0.3) is 28.1 Å². The van der Waals surface area contributed by atoms with Crippen molar-refractivity contribution >= 4 is 28.4 Å². The third-order valence-corrected chi connectivity index (χ3v) is 5.92. The Morgan fingerprint density at radius 1 is 1.13 bits per heavy atom. The van der Waals surface area contributed by atoms with Crippen LogP contribution in [0.2, 0.25) is 0 Å². The van der Waals surface area contributed by atoms with Crippen LogP contribution in [-0.2, 0) is 12.3 Å². The van der Waals surface area contributed by atoms with E-state index in [0.29, 0.717) is 40.3 Å². The van der Waals surface area contributed by atoms with Gasteiger partial charge in [0.1, 0.15) is 11.6 Å². The molecule has 152 valence electrons. The maximum atomic E-state index is 12.8. The highest BCUT2D eigenvalue weighted by atomic mass is 32.2. The van der Waals surface area contributed by atoms with E-state index in [1.807, 2.05) is 42.5 Å². The molecule has 2 N–H and O–H groups in total. The molecule has 0 aliphatic carbocycles. The van der Waals surface area contributed by atoms with Gasteiger partial charge >= 0.3 is 0 Å². The maximum Gasteiger partial charge on any atom is 0.262 e.